The molecule has 1 saturated heterocycles. The first-order valence-electron chi connectivity index (χ1n) is 7.54. The van der Waals surface area contributed by atoms with E-state index in [0.29, 0.717) is 0 Å². The molecule has 5 nitrogen and oxygen atoms in total. The predicted molar refractivity (Wildman–Crippen MR) is 76.9 cm³/mol. The van der Waals surface area contributed by atoms with Crippen molar-refractivity contribution in [2.75, 3.05) is 39.8 Å². The molecular formula is C14H28N4O. The number of carbonyl (C=O) groups excluding carboxylic acids is 1. The number of hydrogen-bond acceptors (Lipinski definition) is 4. The van der Waals surface area contributed by atoms with Gasteiger partial charge >= 0.3 is 0 Å². The van der Waals surface area contributed by atoms with Crippen LogP contribution >= 0.6 is 0 Å². The van der Waals surface area contributed by atoms with Crippen LogP contribution in [0.2, 0.25) is 0 Å². The Balaban J connectivity index is 1.71. The van der Waals surface area contributed by atoms with Gasteiger partial charge in [-0.1, -0.05) is 13.8 Å². The van der Waals surface area contributed by atoms with E-state index in [1.807, 2.05) is 20.9 Å². The van der Waals surface area contributed by atoms with E-state index in [9.17, 15) is 4.79 Å². The highest BCUT2D eigenvalue weighted by atomic mass is 16.2. The minimum atomic E-state index is 0.0440. The maximum Gasteiger partial charge on any atom is 0.223 e. The summed E-state index contributed by atoms with van der Waals surface area (Å²) >= 11 is 0. The average molecular weight is 268 g/mol. The first-order chi connectivity index (χ1) is 9.10. The van der Waals surface area contributed by atoms with Crippen LogP contribution in [0.4, 0.5) is 0 Å². The van der Waals surface area contributed by atoms with E-state index in [4.69, 9.17) is 0 Å². The maximum absolute atomic E-state index is 11.7. The average Bonchev–Trinajstić information content (AvgIpc) is 3.23. The molecule has 2 rings (SSSR count). The third-order valence-corrected chi connectivity index (χ3v) is 4.10. The van der Waals surface area contributed by atoms with Gasteiger partial charge in [-0.2, -0.15) is 0 Å². The van der Waals surface area contributed by atoms with Crippen molar-refractivity contribution in [2.45, 2.75) is 38.9 Å². The van der Waals surface area contributed by atoms with Crippen molar-refractivity contribution in [3.05, 3.63) is 0 Å². The van der Waals surface area contributed by atoms with Crippen molar-refractivity contribution in [1.29, 1.82) is 0 Å². The zero-order valence-corrected chi connectivity index (χ0v) is 12.5. The first kappa shape index (κ1) is 14.8. The molecule has 2 fully saturated rings. The number of amides is 1. The zero-order chi connectivity index (χ0) is 13.8. The van der Waals surface area contributed by atoms with Gasteiger partial charge in [0.25, 0.3) is 0 Å². The molecule has 0 aromatic heterocycles. The van der Waals surface area contributed by atoms with E-state index in [1.54, 1.807) is 0 Å². The highest BCUT2D eigenvalue weighted by Crippen LogP contribution is 2.27. The fourth-order valence-electron chi connectivity index (χ4n) is 2.56. The molecule has 1 aliphatic heterocycles. The van der Waals surface area contributed by atoms with Gasteiger partial charge in [-0.15, -0.1) is 0 Å². The third-order valence-electron chi connectivity index (χ3n) is 4.10. The van der Waals surface area contributed by atoms with Gasteiger partial charge in [-0.25, -0.2) is 0 Å². The molecule has 2 N–H and O–H groups in total. The molecule has 0 bridgehead atoms. The fraction of sp³-hybridized carbons (Fsp3) is 0.929. The zero-order valence-electron chi connectivity index (χ0n) is 12.5. The van der Waals surface area contributed by atoms with Gasteiger partial charge in [-0.05, 0) is 19.9 Å². The molecular weight excluding hydrogens is 240 g/mol. The minimum Gasteiger partial charge on any atom is -0.339 e. The van der Waals surface area contributed by atoms with Gasteiger partial charge in [0.15, 0.2) is 0 Å². The van der Waals surface area contributed by atoms with Gasteiger partial charge in [0.2, 0.25) is 5.91 Å². The van der Waals surface area contributed by atoms with Gasteiger partial charge in [0.05, 0.1) is 6.17 Å². The second kappa shape index (κ2) is 6.68. The Hall–Kier alpha value is -0.650. The van der Waals surface area contributed by atoms with Gasteiger partial charge < -0.3 is 5.32 Å². The lowest BCUT2D eigenvalue weighted by atomic mass is 10.2. The predicted octanol–water partition coefficient (Wildman–Crippen LogP) is 0.0841. The standard InChI is InChI=1S/C14H28N4O/c1-11(2)14(19)16-13(15-3)10-17-6-8-18(9-7-17)12-4-5-12/h11-13,15H,4-10H2,1-3H3,(H,16,19)/t13-/m0/s1. The van der Waals surface area contributed by atoms with Crippen LogP contribution in [0, 0.1) is 5.92 Å². The Kier molecular flexibility index (Phi) is 5.19. The van der Waals surface area contributed by atoms with Gasteiger partial charge in [0, 0.05) is 44.7 Å². The second-order valence-corrected chi connectivity index (χ2v) is 6.07. The summed E-state index contributed by atoms with van der Waals surface area (Å²) in [6.45, 7) is 9.34. The molecule has 1 aliphatic carbocycles. The first-order valence-corrected chi connectivity index (χ1v) is 7.54. The van der Waals surface area contributed by atoms with E-state index in [-0.39, 0.29) is 18.0 Å². The number of likely N-dealkylation sites (N-methyl/N-ethyl adjacent to an activating group) is 1. The summed E-state index contributed by atoms with van der Waals surface area (Å²) in [5.41, 5.74) is 0. The summed E-state index contributed by atoms with van der Waals surface area (Å²) in [4.78, 5) is 16.8. The highest BCUT2D eigenvalue weighted by Gasteiger charge is 2.31. The number of piperazine rings is 1. The van der Waals surface area contributed by atoms with Crippen LogP contribution in [0.1, 0.15) is 26.7 Å². The van der Waals surface area contributed by atoms with E-state index in [1.165, 1.54) is 25.9 Å². The molecule has 0 aromatic rings. The molecule has 0 spiro atoms. The summed E-state index contributed by atoms with van der Waals surface area (Å²) in [5.74, 6) is 0.165. The summed E-state index contributed by atoms with van der Waals surface area (Å²) < 4.78 is 0. The maximum atomic E-state index is 11.7. The Morgan fingerprint density at radius 1 is 1.21 bits per heavy atom. The Morgan fingerprint density at radius 3 is 2.32 bits per heavy atom. The molecule has 19 heavy (non-hydrogen) atoms. The molecule has 1 saturated carbocycles. The van der Waals surface area contributed by atoms with Crippen molar-refractivity contribution in [2.24, 2.45) is 5.92 Å². The molecule has 2 aliphatic rings. The van der Waals surface area contributed by atoms with Crippen molar-refractivity contribution >= 4 is 5.91 Å². The molecule has 1 amide bonds. The van der Waals surface area contributed by atoms with Crippen LogP contribution < -0.4 is 10.6 Å². The van der Waals surface area contributed by atoms with Crippen molar-refractivity contribution in [1.82, 2.24) is 20.4 Å². The van der Waals surface area contributed by atoms with Crippen molar-refractivity contribution in [3.8, 4) is 0 Å². The van der Waals surface area contributed by atoms with E-state index in [2.05, 4.69) is 20.4 Å². The SMILES string of the molecule is CN[C@H](CN1CCN(C2CC2)CC1)NC(=O)C(C)C. The smallest absolute Gasteiger partial charge is 0.223 e. The highest BCUT2D eigenvalue weighted by molar-refractivity contribution is 5.78. The number of rotatable bonds is 6. The molecule has 1 heterocycles. The fourth-order valence-corrected chi connectivity index (χ4v) is 2.56. The minimum absolute atomic E-state index is 0.0440. The topological polar surface area (TPSA) is 47.6 Å². The number of nitrogens with one attached hydrogen (secondary N) is 2. The number of nitrogens with zero attached hydrogens (tertiary/aromatic N) is 2. The summed E-state index contributed by atoms with van der Waals surface area (Å²) in [7, 11) is 1.91. The van der Waals surface area contributed by atoms with E-state index >= 15 is 0 Å². The van der Waals surface area contributed by atoms with Crippen LogP contribution in [0.25, 0.3) is 0 Å². The van der Waals surface area contributed by atoms with Crippen molar-refractivity contribution < 1.29 is 4.79 Å². The van der Waals surface area contributed by atoms with Crippen LogP contribution in [-0.4, -0.2) is 67.7 Å². The monoisotopic (exact) mass is 268 g/mol. The molecule has 0 aromatic carbocycles. The van der Waals surface area contributed by atoms with Gasteiger partial charge in [-0.3, -0.25) is 19.9 Å². The third kappa shape index (κ3) is 4.44. The lowest BCUT2D eigenvalue weighted by Gasteiger charge is -2.36. The summed E-state index contributed by atoms with van der Waals surface area (Å²) in [6, 6.07) is 0.878. The quantitative estimate of drug-likeness (QED) is 0.670. The van der Waals surface area contributed by atoms with Crippen molar-refractivity contribution in [3.63, 3.8) is 0 Å². The van der Waals surface area contributed by atoms with E-state index < -0.39 is 0 Å². The second-order valence-electron chi connectivity index (χ2n) is 6.07. The Bertz CT molecular complexity index is 296. The van der Waals surface area contributed by atoms with E-state index in [0.717, 1.165) is 25.7 Å². The lowest BCUT2D eigenvalue weighted by molar-refractivity contribution is -0.125. The van der Waals surface area contributed by atoms with Crippen LogP contribution in [-0.2, 0) is 4.79 Å². The van der Waals surface area contributed by atoms with Gasteiger partial charge in [0.1, 0.15) is 0 Å². The summed E-state index contributed by atoms with van der Waals surface area (Å²) in [5, 5.41) is 6.25. The summed E-state index contributed by atoms with van der Waals surface area (Å²) in [6.07, 6.45) is 2.84. The van der Waals surface area contributed by atoms with Crippen LogP contribution in [0.15, 0.2) is 0 Å². The molecule has 1 atom stereocenters. The number of hydrogen-bond donors (Lipinski definition) is 2. The van der Waals surface area contributed by atoms with Crippen LogP contribution in [0.3, 0.4) is 0 Å². The molecule has 0 unspecified atom stereocenters. The molecule has 5 heteroatoms. The largest absolute Gasteiger partial charge is 0.339 e. The lowest BCUT2D eigenvalue weighted by Crippen LogP contribution is -2.55. The Morgan fingerprint density at radius 2 is 1.84 bits per heavy atom. The van der Waals surface area contributed by atoms with Crippen LogP contribution in [0.5, 0.6) is 0 Å². The Labute approximate surface area is 116 Å². The normalized spacial score (nSPS) is 23.6. The molecule has 110 valence electrons. The molecule has 0 radical (unpaired) electrons. The number of carbonyl (C=O) groups is 1.